The van der Waals surface area contributed by atoms with Crippen LogP contribution in [0, 0.1) is 11.5 Å². The van der Waals surface area contributed by atoms with E-state index in [1.165, 1.54) is 0 Å². The molecule has 0 saturated carbocycles. The minimum Gasteiger partial charge on any atom is -0.306 e. The first-order chi connectivity index (χ1) is 6.61. The Kier molecular flexibility index (Phi) is 3.84. The Morgan fingerprint density at radius 1 is 1.43 bits per heavy atom. The highest BCUT2D eigenvalue weighted by molar-refractivity contribution is 5.98. The molecule has 0 aliphatic rings. The molecule has 2 nitrogen and oxygen atoms in total. The smallest absolute Gasteiger partial charge is 0.0401 e. The monoisotopic (exact) mass is 189 g/mol. The zero-order valence-corrected chi connectivity index (χ0v) is 9.04. The Balaban J connectivity index is 2.60. The van der Waals surface area contributed by atoms with E-state index in [9.17, 15) is 0 Å². The van der Waals surface area contributed by atoms with Crippen molar-refractivity contribution < 1.29 is 0 Å². The molecule has 0 spiro atoms. The number of hydrogen-bond donors (Lipinski definition) is 1. The Morgan fingerprint density at radius 2 is 2.00 bits per heavy atom. The normalized spacial score (nSPS) is 12.9. The summed E-state index contributed by atoms with van der Waals surface area (Å²) in [7, 11) is 4.08. The maximum atomic E-state index is 7.91. The predicted molar refractivity (Wildman–Crippen MR) is 59.9 cm³/mol. The second kappa shape index (κ2) is 4.91. The first kappa shape index (κ1) is 10.9. The molecule has 1 unspecified atom stereocenters. The second-order valence-electron chi connectivity index (χ2n) is 3.78. The van der Waals surface area contributed by atoms with Gasteiger partial charge in [0.1, 0.15) is 0 Å². The molecule has 0 aliphatic carbocycles. The van der Waals surface area contributed by atoms with Crippen LogP contribution in [0.3, 0.4) is 0 Å². The molecule has 1 rings (SSSR count). The zero-order chi connectivity index (χ0) is 10.6. The van der Waals surface area contributed by atoms with Gasteiger partial charge in [-0.1, -0.05) is 24.3 Å². The molecule has 0 heterocycles. The van der Waals surface area contributed by atoms with Gasteiger partial charge >= 0.3 is 0 Å². The Morgan fingerprint density at radius 3 is 2.50 bits per heavy atom. The molecular formula is C12H17N2. The van der Waals surface area contributed by atoms with Crippen LogP contribution in [0.25, 0.3) is 0 Å². The molecule has 0 aliphatic heterocycles. The summed E-state index contributed by atoms with van der Waals surface area (Å²) in [6.07, 6.45) is 0.789. The molecule has 2 heteroatoms. The largest absolute Gasteiger partial charge is 0.306 e. The first-order valence-corrected chi connectivity index (χ1v) is 4.81. The number of hydrogen-bond acceptors (Lipinski definition) is 2. The zero-order valence-electron chi connectivity index (χ0n) is 9.04. The molecule has 0 saturated heterocycles. The van der Waals surface area contributed by atoms with Crippen molar-refractivity contribution in [1.82, 2.24) is 4.90 Å². The van der Waals surface area contributed by atoms with Crippen molar-refractivity contribution in [1.29, 1.82) is 5.41 Å². The van der Waals surface area contributed by atoms with E-state index in [1.54, 1.807) is 0 Å². The summed E-state index contributed by atoms with van der Waals surface area (Å²) >= 11 is 0. The molecule has 0 amide bonds. The fourth-order valence-corrected chi connectivity index (χ4v) is 1.18. The number of benzene rings is 1. The van der Waals surface area contributed by atoms with E-state index in [2.05, 4.69) is 17.9 Å². The Labute approximate surface area is 86.1 Å². The van der Waals surface area contributed by atoms with E-state index < -0.39 is 0 Å². The van der Waals surface area contributed by atoms with Crippen LogP contribution in [-0.4, -0.2) is 30.7 Å². The van der Waals surface area contributed by atoms with E-state index >= 15 is 0 Å². The van der Waals surface area contributed by atoms with Gasteiger partial charge in [-0.2, -0.15) is 0 Å². The van der Waals surface area contributed by atoms with E-state index in [0.717, 1.165) is 12.0 Å². The molecule has 1 aromatic carbocycles. The van der Waals surface area contributed by atoms with E-state index in [1.807, 2.05) is 38.4 Å². The van der Waals surface area contributed by atoms with Gasteiger partial charge in [0.05, 0.1) is 0 Å². The molecular weight excluding hydrogens is 172 g/mol. The average molecular weight is 189 g/mol. The Bertz CT molecular complexity index is 290. The highest BCUT2D eigenvalue weighted by Crippen LogP contribution is 2.07. The maximum absolute atomic E-state index is 7.91. The molecule has 75 valence electrons. The fraction of sp³-hybridized carbons (Fsp3) is 0.417. The Hall–Kier alpha value is -1.15. The van der Waals surface area contributed by atoms with E-state index in [0.29, 0.717) is 11.8 Å². The minimum absolute atomic E-state index is 0.409. The molecule has 0 aromatic heterocycles. The minimum atomic E-state index is 0.409. The summed E-state index contributed by atoms with van der Waals surface area (Å²) in [6, 6.07) is 10.9. The van der Waals surface area contributed by atoms with Crippen molar-refractivity contribution in [2.45, 2.75) is 19.4 Å². The highest BCUT2D eigenvalue weighted by atomic mass is 15.1. The standard InChI is InChI=1S/C12H17N2/c1-10(14(2)3)9-12(13)11-7-5-4-6-8-11/h5-8,10,13H,9H2,1-3H3. The fourth-order valence-electron chi connectivity index (χ4n) is 1.18. The van der Waals surface area contributed by atoms with Crippen molar-refractivity contribution in [3.63, 3.8) is 0 Å². The maximum Gasteiger partial charge on any atom is 0.0401 e. The van der Waals surface area contributed by atoms with Crippen LogP contribution in [0.5, 0.6) is 0 Å². The summed E-state index contributed by atoms with van der Waals surface area (Å²) in [5.41, 5.74) is 1.69. The van der Waals surface area contributed by atoms with E-state index in [-0.39, 0.29) is 0 Å². The third-order valence-electron chi connectivity index (χ3n) is 2.45. The molecule has 1 aromatic rings. The van der Waals surface area contributed by atoms with Crippen LogP contribution in [0.4, 0.5) is 0 Å². The highest BCUT2D eigenvalue weighted by Gasteiger charge is 2.08. The van der Waals surface area contributed by atoms with Crippen LogP contribution in [0.2, 0.25) is 0 Å². The van der Waals surface area contributed by atoms with Crippen molar-refractivity contribution in [3.05, 3.63) is 35.9 Å². The lowest BCUT2D eigenvalue weighted by molar-refractivity contribution is 0.321. The summed E-state index contributed by atoms with van der Waals surface area (Å²) < 4.78 is 0. The van der Waals surface area contributed by atoms with Gasteiger partial charge in [0.2, 0.25) is 0 Å². The SMILES string of the molecule is CC(CC(=N)c1cc[c]cc1)N(C)C. The van der Waals surface area contributed by atoms with Gasteiger partial charge in [0.15, 0.2) is 0 Å². The summed E-state index contributed by atoms with van der Waals surface area (Å²) in [4.78, 5) is 2.13. The topological polar surface area (TPSA) is 27.1 Å². The van der Waals surface area contributed by atoms with Gasteiger partial charge in [0.25, 0.3) is 0 Å². The molecule has 0 fully saturated rings. The van der Waals surface area contributed by atoms with Gasteiger partial charge in [-0.3, -0.25) is 0 Å². The summed E-state index contributed by atoms with van der Waals surface area (Å²) in [6.45, 7) is 2.13. The molecule has 1 radical (unpaired) electrons. The van der Waals surface area contributed by atoms with Crippen LogP contribution in [-0.2, 0) is 0 Å². The molecule has 0 bridgehead atoms. The van der Waals surface area contributed by atoms with Crippen LogP contribution in [0.15, 0.2) is 24.3 Å². The van der Waals surface area contributed by atoms with Crippen LogP contribution < -0.4 is 0 Å². The molecule has 1 atom stereocenters. The number of rotatable bonds is 4. The third-order valence-corrected chi connectivity index (χ3v) is 2.45. The summed E-state index contributed by atoms with van der Waals surface area (Å²) in [5.74, 6) is 0. The lowest BCUT2D eigenvalue weighted by Crippen LogP contribution is -2.27. The summed E-state index contributed by atoms with van der Waals surface area (Å²) in [5, 5.41) is 7.91. The lowest BCUT2D eigenvalue weighted by atomic mass is 10.0. The number of nitrogens with one attached hydrogen (secondary N) is 1. The van der Waals surface area contributed by atoms with E-state index in [4.69, 9.17) is 5.41 Å². The van der Waals surface area contributed by atoms with Gasteiger partial charge in [-0.25, -0.2) is 0 Å². The predicted octanol–water partition coefficient (Wildman–Crippen LogP) is 2.19. The second-order valence-corrected chi connectivity index (χ2v) is 3.78. The van der Waals surface area contributed by atoms with Crippen molar-refractivity contribution in [2.24, 2.45) is 0 Å². The quantitative estimate of drug-likeness (QED) is 0.722. The van der Waals surface area contributed by atoms with Crippen molar-refractivity contribution >= 4 is 5.71 Å². The first-order valence-electron chi connectivity index (χ1n) is 4.81. The average Bonchev–Trinajstić information content (AvgIpc) is 2.19. The number of nitrogens with zero attached hydrogens (tertiary/aromatic N) is 1. The van der Waals surface area contributed by atoms with Crippen molar-refractivity contribution in [3.8, 4) is 0 Å². The van der Waals surface area contributed by atoms with Gasteiger partial charge < -0.3 is 10.3 Å². The molecule has 14 heavy (non-hydrogen) atoms. The third kappa shape index (κ3) is 2.96. The van der Waals surface area contributed by atoms with Crippen LogP contribution in [0.1, 0.15) is 18.9 Å². The van der Waals surface area contributed by atoms with Gasteiger partial charge in [-0.15, -0.1) is 0 Å². The van der Waals surface area contributed by atoms with Gasteiger partial charge in [0, 0.05) is 18.2 Å². The molecule has 1 N–H and O–H groups in total. The van der Waals surface area contributed by atoms with Crippen LogP contribution >= 0.6 is 0 Å². The van der Waals surface area contributed by atoms with Gasteiger partial charge in [-0.05, 0) is 32.6 Å². The lowest BCUT2D eigenvalue weighted by Gasteiger charge is -2.19. The van der Waals surface area contributed by atoms with Crippen molar-refractivity contribution in [2.75, 3.05) is 14.1 Å².